The molecule has 4 rings (SSSR count). The number of halogens is 1. The van der Waals surface area contributed by atoms with Crippen molar-refractivity contribution in [2.45, 2.75) is 69.2 Å². The Hall–Kier alpha value is -2.69. The minimum atomic E-state index is -1.20. The lowest BCUT2D eigenvalue weighted by Gasteiger charge is -2.38. The average molecular weight is 646 g/mol. The summed E-state index contributed by atoms with van der Waals surface area (Å²) in [6.45, 7) is 18.1. The van der Waals surface area contributed by atoms with E-state index in [9.17, 15) is 19.5 Å². The first-order valence-corrected chi connectivity index (χ1v) is 16.0. The Morgan fingerprint density at radius 2 is 1.74 bits per heavy atom. The van der Waals surface area contributed by atoms with Gasteiger partial charge in [-0.05, 0) is 57.9 Å². The van der Waals surface area contributed by atoms with Gasteiger partial charge >= 0.3 is 0 Å². The number of rotatable bonds is 14. The molecule has 3 aliphatic heterocycles. The number of aliphatic hydroxyl groups is 1. The normalized spacial score (nSPS) is 28.4. The molecule has 0 saturated carbocycles. The van der Waals surface area contributed by atoms with Crippen LogP contribution in [0.5, 0.6) is 0 Å². The van der Waals surface area contributed by atoms with Crippen molar-refractivity contribution in [3.05, 3.63) is 49.6 Å². The molecule has 3 aliphatic rings. The quantitative estimate of drug-likeness (QED) is 0.246. The number of aliphatic hydroxyl groups excluding tert-OH is 1. The minimum absolute atomic E-state index is 0.161. The van der Waals surface area contributed by atoms with Crippen molar-refractivity contribution in [1.29, 1.82) is 0 Å². The number of fused-ring (bicyclic) bond motifs is 1. The van der Waals surface area contributed by atoms with Crippen molar-refractivity contribution >= 4 is 45.0 Å². The molecule has 7 atom stereocenters. The van der Waals surface area contributed by atoms with Gasteiger partial charge in [-0.25, -0.2) is 0 Å². The van der Waals surface area contributed by atoms with E-state index in [2.05, 4.69) is 47.8 Å². The molecule has 1 aromatic rings. The number of hydrogen-bond donors (Lipinski definition) is 1. The van der Waals surface area contributed by atoms with Gasteiger partial charge in [0.2, 0.25) is 11.8 Å². The first-order chi connectivity index (χ1) is 20.1. The van der Waals surface area contributed by atoms with Gasteiger partial charge in [-0.2, -0.15) is 0 Å². The number of carbonyl (C=O) groups is 3. The van der Waals surface area contributed by atoms with Crippen LogP contribution in [0.25, 0.3) is 0 Å². The Bertz CT molecular complexity index is 1170. The zero-order valence-electron chi connectivity index (χ0n) is 25.2. The van der Waals surface area contributed by atoms with Gasteiger partial charge in [-0.3, -0.25) is 14.4 Å². The van der Waals surface area contributed by atoms with Crippen molar-refractivity contribution in [3.63, 3.8) is 0 Å². The second-order valence-corrected chi connectivity index (χ2v) is 12.6. The fourth-order valence-electron chi connectivity index (χ4n) is 7.15. The molecule has 3 amide bonds. The van der Waals surface area contributed by atoms with Gasteiger partial charge in [0.05, 0.1) is 30.6 Å². The predicted octanol–water partition coefficient (Wildman–Crippen LogP) is 3.61. The molecular weight excluding hydrogens is 600 g/mol. The smallest absolute Gasteiger partial charge is 0.253 e. The van der Waals surface area contributed by atoms with E-state index in [0.29, 0.717) is 25.2 Å². The van der Waals surface area contributed by atoms with Crippen LogP contribution < -0.4 is 9.80 Å². The summed E-state index contributed by atoms with van der Waals surface area (Å²) < 4.78 is 6.66. The monoisotopic (exact) mass is 644 g/mol. The Kier molecular flexibility index (Phi) is 10.2. The van der Waals surface area contributed by atoms with E-state index < -0.39 is 35.6 Å². The average Bonchev–Trinajstić information content (AvgIpc) is 3.59. The highest BCUT2D eigenvalue weighted by Gasteiger charge is 2.77. The topological polar surface area (TPSA) is 93.6 Å². The highest BCUT2D eigenvalue weighted by atomic mass is 79.9. The van der Waals surface area contributed by atoms with E-state index in [1.54, 1.807) is 28.9 Å². The van der Waals surface area contributed by atoms with Gasteiger partial charge in [-0.1, -0.05) is 35.0 Å². The maximum absolute atomic E-state index is 14.7. The molecule has 230 valence electrons. The van der Waals surface area contributed by atoms with E-state index in [1.165, 1.54) is 4.90 Å². The molecule has 9 nitrogen and oxygen atoms in total. The summed E-state index contributed by atoms with van der Waals surface area (Å²) in [5, 5.41) is 10.2. The molecule has 0 aliphatic carbocycles. The summed E-state index contributed by atoms with van der Waals surface area (Å²) in [6.07, 6.45) is 3.97. The molecular formula is C32H45BrN4O5. The third-order valence-electron chi connectivity index (χ3n) is 9.01. The minimum Gasteiger partial charge on any atom is -0.394 e. The fourth-order valence-corrected chi connectivity index (χ4v) is 8.09. The van der Waals surface area contributed by atoms with Crippen LogP contribution in [-0.2, 0) is 19.1 Å². The Labute approximate surface area is 258 Å². The van der Waals surface area contributed by atoms with Gasteiger partial charge in [0.1, 0.15) is 11.6 Å². The standard InChI is InChI=1S/C32H45BrN4O5/c1-7-16-35(17-8-2)29(39)25-26-30(40)37(21(6)20-38)28(32(26)19-24(33)27(25)42-32)31(41)36(18-9-3)23-14-12-22(13-15-23)34(10-4)11-5/h7,9,12-15,21,24-28,38H,1,3,8,10-11,16-20H2,2,4-6H3/t21-,24?,25-,26+,27-,28?,32?/m1/s1. The first-order valence-electron chi connectivity index (χ1n) is 15.1. The van der Waals surface area contributed by atoms with Crippen LogP contribution in [0.4, 0.5) is 11.4 Å². The molecule has 2 bridgehead atoms. The summed E-state index contributed by atoms with van der Waals surface area (Å²) in [6, 6.07) is 6.14. The number of ether oxygens (including phenoxy) is 1. The Morgan fingerprint density at radius 3 is 2.29 bits per heavy atom. The van der Waals surface area contributed by atoms with Crippen LogP contribution in [0, 0.1) is 11.8 Å². The number of amides is 3. The zero-order valence-corrected chi connectivity index (χ0v) is 26.8. The molecule has 1 aromatic carbocycles. The van der Waals surface area contributed by atoms with Crippen LogP contribution in [0.1, 0.15) is 40.5 Å². The molecule has 10 heteroatoms. The molecule has 0 aromatic heterocycles. The Balaban J connectivity index is 1.77. The third kappa shape index (κ3) is 5.30. The number of likely N-dealkylation sites (tertiary alicyclic amines) is 1. The number of benzene rings is 1. The highest BCUT2D eigenvalue weighted by Crippen LogP contribution is 2.61. The van der Waals surface area contributed by atoms with Gasteiger partial charge in [0.25, 0.3) is 5.91 Å². The van der Waals surface area contributed by atoms with Crippen LogP contribution >= 0.6 is 15.9 Å². The van der Waals surface area contributed by atoms with E-state index in [4.69, 9.17) is 4.74 Å². The summed E-state index contributed by atoms with van der Waals surface area (Å²) in [5.41, 5.74) is 0.524. The lowest BCUT2D eigenvalue weighted by molar-refractivity contribution is -0.147. The molecule has 1 N–H and O–H groups in total. The number of anilines is 2. The summed E-state index contributed by atoms with van der Waals surface area (Å²) >= 11 is 3.74. The van der Waals surface area contributed by atoms with Crippen LogP contribution in [0.15, 0.2) is 49.6 Å². The summed E-state index contributed by atoms with van der Waals surface area (Å²) in [5.74, 6) is -2.36. The lowest BCUT2D eigenvalue weighted by atomic mass is 9.70. The van der Waals surface area contributed by atoms with E-state index in [-0.39, 0.29) is 35.7 Å². The van der Waals surface area contributed by atoms with Crippen LogP contribution in [0.3, 0.4) is 0 Å². The molecule has 3 heterocycles. The van der Waals surface area contributed by atoms with Crippen molar-refractivity contribution in [1.82, 2.24) is 9.80 Å². The van der Waals surface area contributed by atoms with Crippen molar-refractivity contribution < 1.29 is 24.2 Å². The maximum Gasteiger partial charge on any atom is 0.253 e. The zero-order chi connectivity index (χ0) is 30.8. The molecule has 3 saturated heterocycles. The van der Waals surface area contributed by atoms with Gasteiger partial charge in [-0.15, -0.1) is 13.2 Å². The summed E-state index contributed by atoms with van der Waals surface area (Å²) in [7, 11) is 0. The van der Waals surface area contributed by atoms with Gasteiger partial charge < -0.3 is 29.4 Å². The summed E-state index contributed by atoms with van der Waals surface area (Å²) in [4.78, 5) is 49.8. The largest absolute Gasteiger partial charge is 0.394 e. The Morgan fingerprint density at radius 1 is 1.12 bits per heavy atom. The van der Waals surface area contributed by atoms with E-state index >= 15 is 0 Å². The van der Waals surface area contributed by atoms with Crippen LogP contribution in [-0.4, -0.2) is 101 Å². The molecule has 1 spiro atoms. The number of hydrogen-bond acceptors (Lipinski definition) is 6. The van der Waals surface area contributed by atoms with Crippen molar-refractivity contribution in [3.8, 4) is 0 Å². The highest BCUT2D eigenvalue weighted by molar-refractivity contribution is 9.09. The SMILES string of the molecule is C=CCN(CCC)C(=O)[C@H]1[C@@H]2OC3(CC2Br)C(C(=O)N(CC=C)c2ccc(N(CC)CC)cc2)N([C@H](C)CO)C(=O)[C@H]13. The second-order valence-electron chi connectivity index (χ2n) is 11.4. The lowest BCUT2D eigenvalue weighted by Crippen LogP contribution is -2.59. The molecule has 3 fully saturated rings. The molecule has 3 unspecified atom stereocenters. The number of nitrogens with zero attached hydrogens (tertiary/aromatic N) is 4. The van der Waals surface area contributed by atoms with Crippen molar-refractivity contribution in [2.24, 2.45) is 11.8 Å². The fraction of sp³-hybridized carbons (Fsp3) is 0.594. The van der Waals surface area contributed by atoms with Gasteiger partial charge in [0.15, 0.2) is 0 Å². The number of alkyl halides is 1. The van der Waals surface area contributed by atoms with Crippen LogP contribution in [0.2, 0.25) is 0 Å². The third-order valence-corrected chi connectivity index (χ3v) is 9.85. The van der Waals surface area contributed by atoms with Gasteiger partial charge in [0, 0.05) is 48.9 Å². The maximum atomic E-state index is 14.7. The predicted molar refractivity (Wildman–Crippen MR) is 169 cm³/mol. The van der Waals surface area contributed by atoms with Crippen molar-refractivity contribution in [2.75, 3.05) is 49.1 Å². The molecule has 0 radical (unpaired) electrons. The number of carbonyl (C=O) groups excluding carboxylic acids is 3. The van der Waals surface area contributed by atoms with E-state index in [0.717, 1.165) is 25.2 Å². The molecule has 42 heavy (non-hydrogen) atoms. The second kappa shape index (κ2) is 13.3. The van der Waals surface area contributed by atoms with E-state index in [1.807, 2.05) is 31.2 Å². The first kappa shape index (κ1) is 32.2.